The minimum atomic E-state index is -0.301. The number of hydrogen-bond acceptors (Lipinski definition) is 3. The third-order valence-corrected chi connectivity index (χ3v) is 4.37. The minimum absolute atomic E-state index is 0.301. The quantitative estimate of drug-likeness (QED) is 0.673. The van der Waals surface area contributed by atoms with E-state index in [0.717, 1.165) is 4.47 Å². The molecule has 5 nitrogen and oxygen atoms in total. The van der Waals surface area contributed by atoms with Crippen molar-refractivity contribution in [2.45, 2.75) is 6.92 Å². The molecule has 0 bridgehead atoms. The third-order valence-electron chi connectivity index (χ3n) is 3.56. The highest BCUT2D eigenvalue weighted by molar-refractivity contribution is 9.10. The zero-order valence-corrected chi connectivity index (χ0v) is 15.5. The van der Waals surface area contributed by atoms with Crippen molar-refractivity contribution in [3.8, 4) is 11.8 Å². The fourth-order valence-electron chi connectivity index (χ4n) is 2.31. The minimum Gasteiger partial charge on any atom is -0.321 e. The van der Waals surface area contributed by atoms with Crippen molar-refractivity contribution >= 4 is 39.1 Å². The predicted octanol–water partition coefficient (Wildman–Crippen LogP) is 4.72. The zero-order valence-electron chi connectivity index (χ0n) is 13.1. The molecule has 1 N–H and O–H groups in total. The average Bonchev–Trinajstić information content (AvgIpc) is 2.99. The highest BCUT2D eigenvalue weighted by atomic mass is 79.9. The molecule has 3 rings (SSSR count). The van der Waals surface area contributed by atoms with Crippen LogP contribution in [0.2, 0.25) is 5.02 Å². The van der Waals surface area contributed by atoms with Crippen molar-refractivity contribution in [1.29, 1.82) is 5.26 Å². The molecular formula is C18H12BrClN4O. The van der Waals surface area contributed by atoms with Crippen LogP contribution in [0.3, 0.4) is 0 Å². The molecule has 124 valence electrons. The summed E-state index contributed by atoms with van der Waals surface area (Å²) >= 11 is 9.47. The number of carbonyl (C=O) groups excluding carboxylic acids is 1. The van der Waals surface area contributed by atoms with Gasteiger partial charge in [0, 0.05) is 10.7 Å². The van der Waals surface area contributed by atoms with Crippen LogP contribution < -0.4 is 5.32 Å². The van der Waals surface area contributed by atoms with Crippen LogP contribution >= 0.6 is 27.5 Å². The third kappa shape index (κ3) is 3.73. The van der Waals surface area contributed by atoms with Crippen molar-refractivity contribution in [2.24, 2.45) is 0 Å². The van der Waals surface area contributed by atoms with Crippen molar-refractivity contribution < 1.29 is 4.79 Å². The summed E-state index contributed by atoms with van der Waals surface area (Å²) in [6, 6.07) is 14.3. The Morgan fingerprint density at radius 3 is 2.84 bits per heavy atom. The second kappa shape index (κ2) is 7.09. The molecule has 0 spiro atoms. The zero-order chi connectivity index (χ0) is 18.0. The van der Waals surface area contributed by atoms with Gasteiger partial charge >= 0.3 is 0 Å². The monoisotopic (exact) mass is 414 g/mol. The van der Waals surface area contributed by atoms with Crippen molar-refractivity contribution in [3.05, 3.63) is 75.0 Å². The maximum atomic E-state index is 12.6. The molecule has 3 aromatic rings. The standard InChI is InChI=1S/C18H12BrClN4O/c1-11-15(18(25)22-17-6-5-13(19)8-16(17)20)10-24(23-11)14-4-2-3-12(7-14)9-21/h2-8,10H,1H3,(H,22,25). The van der Waals surface area contributed by atoms with Crippen LogP contribution in [0.25, 0.3) is 5.69 Å². The number of aryl methyl sites for hydroxylation is 1. The van der Waals surface area contributed by atoms with Crippen LogP contribution in [0.5, 0.6) is 0 Å². The largest absolute Gasteiger partial charge is 0.321 e. The first-order valence-electron chi connectivity index (χ1n) is 7.31. The van der Waals surface area contributed by atoms with Crippen LogP contribution in [0, 0.1) is 18.3 Å². The Kier molecular flexibility index (Phi) is 4.88. The first-order valence-corrected chi connectivity index (χ1v) is 8.48. The molecule has 1 heterocycles. The summed E-state index contributed by atoms with van der Waals surface area (Å²) in [5, 5.41) is 16.6. The van der Waals surface area contributed by atoms with E-state index >= 15 is 0 Å². The fraction of sp³-hybridized carbons (Fsp3) is 0.0556. The maximum Gasteiger partial charge on any atom is 0.259 e. The maximum absolute atomic E-state index is 12.6. The first-order chi connectivity index (χ1) is 12.0. The number of hydrogen-bond donors (Lipinski definition) is 1. The SMILES string of the molecule is Cc1nn(-c2cccc(C#N)c2)cc1C(=O)Nc1ccc(Br)cc1Cl. The summed E-state index contributed by atoms with van der Waals surface area (Å²) in [5.41, 5.74) is 2.77. The molecule has 2 aromatic carbocycles. The van der Waals surface area contributed by atoms with Gasteiger partial charge in [-0.15, -0.1) is 0 Å². The van der Waals surface area contributed by atoms with Gasteiger partial charge in [0.25, 0.3) is 5.91 Å². The second-order valence-corrected chi connectivity index (χ2v) is 6.64. The molecule has 0 aliphatic carbocycles. The summed E-state index contributed by atoms with van der Waals surface area (Å²) in [4.78, 5) is 12.6. The Morgan fingerprint density at radius 1 is 1.32 bits per heavy atom. The number of aromatic nitrogens is 2. The van der Waals surface area contributed by atoms with Gasteiger partial charge < -0.3 is 5.32 Å². The van der Waals surface area contributed by atoms with Gasteiger partial charge in [-0.2, -0.15) is 10.4 Å². The number of halogens is 2. The van der Waals surface area contributed by atoms with E-state index in [1.807, 2.05) is 6.07 Å². The molecule has 0 radical (unpaired) electrons. The van der Waals surface area contributed by atoms with Gasteiger partial charge in [-0.25, -0.2) is 4.68 Å². The van der Waals surface area contributed by atoms with E-state index in [1.165, 1.54) is 0 Å². The summed E-state index contributed by atoms with van der Waals surface area (Å²) in [6.07, 6.45) is 1.63. The highest BCUT2D eigenvalue weighted by Crippen LogP contribution is 2.26. The van der Waals surface area contributed by atoms with E-state index in [-0.39, 0.29) is 5.91 Å². The van der Waals surface area contributed by atoms with Crippen molar-refractivity contribution in [1.82, 2.24) is 9.78 Å². The number of nitrogens with one attached hydrogen (secondary N) is 1. The predicted molar refractivity (Wildman–Crippen MR) is 100 cm³/mol. The lowest BCUT2D eigenvalue weighted by atomic mass is 10.2. The summed E-state index contributed by atoms with van der Waals surface area (Å²) in [5.74, 6) is -0.301. The van der Waals surface area contributed by atoms with Crippen LogP contribution in [0.1, 0.15) is 21.6 Å². The van der Waals surface area contributed by atoms with Crippen LogP contribution in [0.15, 0.2) is 53.1 Å². The van der Waals surface area contributed by atoms with Gasteiger partial charge in [-0.05, 0) is 43.3 Å². The van der Waals surface area contributed by atoms with E-state index < -0.39 is 0 Å². The Bertz CT molecular complexity index is 1010. The molecule has 7 heteroatoms. The van der Waals surface area contributed by atoms with Crippen LogP contribution in [-0.2, 0) is 0 Å². The van der Waals surface area contributed by atoms with Crippen LogP contribution in [-0.4, -0.2) is 15.7 Å². The fourth-order valence-corrected chi connectivity index (χ4v) is 3.03. The summed E-state index contributed by atoms with van der Waals surface area (Å²) in [6.45, 7) is 1.75. The number of carbonyl (C=O) groups is 1. The van der Waals surface area contributed by atoms with E-state index in [9.17, 15) is 4.79 Å². The number of anilines is 1. The Morgan fingerprint density at radius 2 is 2.12 bits per heavy atom. The molecule has 0 fully saturated rings. The Balaban J connectivity index is 1.89. The average molecular weight is 416 g/mol. The molecular weight excluding hydrogens is 404 g/mol. The van der Waals surface area contributed by atoms with Crippen LogP contribution in [0.4, 0.5) is 5.69 Å². The number of nitriles is 1. The number of rotatable bonds is 3. The number of amides is 1. The molecule has 0 aliphatic rings. The number of benzene rings is 2. The summed E-state index contributed by atoms with van der Waals surface area (Å²) in [7, 11) is 0. The number of nitrogens with zero attached hydrogens (tertiary/aromatic N) is 3. The molecule has 0 saturated carbocycles. The molecule has 1 aromatic heterocycles. The molecule has 0 aliphatic heterocycles. The van der Waals surface area contributed by atoms with Crippen molar-refractivity contribution in [2.75, 3.05) is 5.32 Å². The summed E-state index contributed by atoms with van der Waals surface area (Å²) < 4.78 is 2.41. The van der Waals surface area contributed by atoms with Gasteiger partial charge in [-0.3, -0.25) is 4.79 Å². The lowest BCUT2D eigenvalue weighted by Gasteiger charge is -2.06. The first kappa shape index (κ1) is 17.2. The smallest absolute Gasteiger partial charge is 0.259 e. The van der Waals surface area contributed by atoms with Gasteiger partial charge in [0.2, 0.25) is 0 Å². The topological polar surface area (TPSA) is 70.7 Å². The highest BCUT2D eigenvalue weighted by Gasteiger charge is 2.15. The second-order valence-electron chi connectivity index (χ2n) is 5.31. The lowest BCUT2D eigenvalue weighted by Crippen LogP contribution is -2.12. The van der Waals surface area contributed by atoms with Gasteiger partial charge in [0.15, 0.2) is 0 Å². The van der Waals surface area contributed by atoms with Crippen molar-refractivity contribution in [3.63, 3.8) is 0 Å². The molecule has 25 heavy (non-hydrogen) atoms. The van der Waals surface area contributed by atoms with E-state index in [4.69, 9.17) is 16.9 Å². The Labute approximate surface area is 158 Å². The van der Waals surface area contributed by atoms with Gasteiger partial charge in [0.05, 0.1) is 39.3 Å². The molecule has 0 unspecified atom stereocenters. The van der Waals surface area contributed by atoms with Gasteiger partial charge in [0.1, 0.15) is 0 Å². The molecule has 0 atom stereocenters. The molecule has 1 amide bonds. The lowest BCUT2D eigenvalue weighted by molar-refractivity contribution is 0.102. The normalized spacial score (nSPS) is 10.3. The molecule has 0 saturated heterocycles. The van der Waals surface area contributed by atoms with Gasteiger partial charge in [-0.1, -0.05) is 33.6 Å². The Hall–Kier alpha value is -2.62. The van der Waals surface area contributed by atoms with E-state index in [1.54, 1.807) is 54.2 Å². The van der Waals surface area contributed by atoms with E-state index in [2.05, 4.69) is 32.4 Å². The van der Waals surface area contributed by atoms with E-state index in [0.29, 0.717) is 33.2 Å².